The molecule has 2 amide bonds. The van der Waals surface area contributed by atoms with Gasteiger partial charge in [-0.3, -0.25) is 9.59 Å². The van der Waals surface area contributed by atoms with Crippen LogP contribution in [0.2, 0.25) is 0 Å². The van der Waals surface area contributed by atoms with Crippen LogP contribution >= 0.6 is 0 Å². The fourth-order valence-corrected chi connectivity index (χ4v) is 2.25. The van der Waals surface area contributed by atoms with E-state index < -0.39 is 12.1 Å². The van der Waals surface area contributed by atoms with Crippen molar-refractivity contribution < 1.29 is 14.1 Å². The summed E-state index contributed by atoms with van der Waals surface area (Å²) in [5.74, 6) is 0.670. The molecule has 104 valence electrons. The summed E-state index contributed by atoms with van der Waals surface area (Å²) in [4.78, 5) is 29.9. The van der Waals surface area contributed by atoms with Crippen LogP contribution in [0.25, 0.3) is 0 Å². The summed E-state index contributed by atoms with van der Waals surface area (Å²) in [6.07, 6.45) is 1.13. The lowest BCUT2D eigenvalue weighted by Crippen LogP contribution is -2.62. The smallest absolute Gasteiger partial charge is 0.246 e. The third kappa shape index (κ3) is 2.59. The highest BCUT2D eigenvalue weighted by atomic mass is 16.5. The number of carbonyl (C=O) groups excluding carboxylic acids is 2. The Morgan fingerprint density at radius 1 is 1.32 bits per heavy atom. The van der Waals surface area contributed by atoms with Gasteiger partial charge in [-0.05, 0) is 12.8 Å². The highest BCUT2D eigenvalue weighted by molar-refractivity contribution is 5.96. The van der Waals surface area contributed by atoms with E-state index in [0.29, 0.717) is 24.6 Å². The third-order valence-corrected chi connectivity index (χ3v) is 3.25. The largest absolute Gasteiger partial charge is 0.343 e. The number of nitrogens with zero attached hydrogens (tertiary/aromatic N) is 3. The normalized spacial score (nSPS) is 23.6. The van der Waals surface area contributed by atoms with Crippen LogP contribution in [0.1, 0.15) is 38.4 Å². The average molecular weight is 266 g/mol. The van der Waals surface area contributed by atoms with E-state index >= 15 is 0 Å². The summed E-state index contributed by atoms with van der Waals surface area (Å²) >= 11 is 0. The number of rotatable bonds is 4. The second-order valence-corrected chi connectivity index (χ2v) is 4.59. The fraction of sp³-hybridized carbons (Fsp3) is 0.667. The molecule has 0 bridgehead atoms. The maximum Gasteiger partial charge on any atom is 0.246 e. The van der Waals surface area contributed by atoms with Gasteiger partial charge in [0, 0.05) is 6.92 Å². The number of amides is 2. The minimum absolute atomic E-state index is 0.0867. The molecule has 1 N–H and O–H groups in total. The van der Waals surface area contributed by atoms with Gasteiger partial charge in [0.25, 0.3) is 0 Å². The Labute approximate surface area is 111 Å². The first-order valence-electron chi connectivity index (χ1n) is 6.46. The number of hydrogen-bond acceptors (Lipinski definition) is 5. The second-order valence-electron chi connectivity index (χ2n) is 4.59. The standard InChI is InChI=1S/C12H18N4O3/c1-4-8-12(18)16(9(5-2)11(17)14-8)6-10-13-7(3)19-15-10/h8-9H,4-6H2,1-3H3,(H,14,17). The summed E-state index contributed by atoms with van der Waals surface area (Å²) in [7, 11) is 0. The van der Waals surface area contributed by atoms with Crippen molar-refractivity contribution in [3.63, 3.8) is 0 Å². The molecular formula is C12H18N4O3. The first-order valence-corrected chi connectivity index (χ1v) is 6.46. The first-order chi connectivity index (χ1) is 9.06. The molecule has 0 spiro atoms. The predicted octanol–water partition coefficient (Wildman–Crippen LogP) is 0.394. The van der Waals surface area contributed by atoms with Crippen molar-refractivity contribution in [2.24, 2.45) is 0 Å². The molecule has 0 aromatic carbocycles. The summed E-state index contributed by atoms with van der Waals surface area (Å²) in [6, 6.07) is -0.919. The Bertz CT molecular complexity index is 485. The van der Waals surface area contributed by atoms with E-state index in [9.17, 15) is 9.59 Å². The van der Waals surface area contributed by atoms with Gasteiger partial charge in [-0.25, -0.2) is 0 Å². The zero-order valence-electron chi connectivity index (χ0n) is 11.3. The maximum atomic E-state index is 12.3. The number of aryl methyl sites for hydroxylation is 1. The van der Waals surface area contributed by atoms with Gasteiger partial charge in [-0.2, -0.15) is 4.98 Å². The van der Waals surface area contributed by atoms with Gasteiger partial charge in [0.15, 0.2) is 5.82 Å². The van der Waals surface area contributed by atoms with Gasteiger partial charge in [0.1, 0.15) is 12.1 Å². The number of carbonyl (C=O) groups is 2. The van der Waals surface area contributed by atoms with Crippen LogP contribution in [0.15, 0.2) is 4.52 Å². The monoisotopic (exact) mass is 266 g/mol. The molecule has 1 fully saturated rings. The van der Waals surface area contributed by atoms with Crippen molar-refractivity contribution in [2.45, 2.75) is 52.2 Å². The van der Waals surface area contributed by atoms with Gasteiger partial charge in [-0.15, -0.1) is 0 Å². The maximum absolute atomic E-state index is 12.3. The summed E-state index contributed by atoms with van der Waals surface area (Å²) < 4.78 is 4.89. The average Bonchev–Trinajstić information content (AvgIpc) is 2.79. The topological polar surface area (TPSA) is 88.3 Å². The number of nitrogens with one attached hydrogen (secondary N) is 1. The van der Waals surface area contributed by atoms with E-state index in [4.69, 9.17) is 4.52 Å². The van der Waals surface area contributed by atoms with E-state index in [2.05, 4.69) is 15.5 Å². The van der Waals surface area contributed by atoms with Crippen molar-refractivity contribution in [1.82, 2.24) is 20.4 Å². The molecule has 2 heterocycles. The minimum Gasteiger partial charge on any atom is -0.343 e. The number of hydrogen-bond donors (Lipinski definition) is 1. The van der Waals surface area contributed by atoms with Crippen LogP contribution in [-0.2, 0) is 16.1 Å². The van der Waals surface area contributed by atoms with Crippen molar-refractivity contribution in [3.8, 4) is 0 Å². The molecular weight excluding hydrogens is 248 g/mol. The van der Waals surface area contributed by atoms with Crippen molar-refractivity contribution in [3.05, 3.63) is 11.7 Å². The number of aromatic nitrogens is 2. The Kier molecular flexibility index (Phi) is 3.82. The lowest BCUT2D eigenvalue weighted by atomic mass is 10.0. The highest BCUT2D eigenvalue weighted by Crippen LogP contribution is 2.17. The Morgan fingerprint density at radius 3 is 2.58 bits per heavy atom. The molecule has 1 aromatic rings. The van der Waals surface area contributed by atoms with Crippen LogP contribution in [0.4, 0.5) is 0 Å². The van der Waals surface area contributed by atoms with Gasteiger partial charge >= 0.3 is 0 Å². The van der Waals surface area contributed by atoms with Crippen molar-refractivity contribution in [2.75, 3.05) is 0 Å². The van der Waals surface area contributed by atoms with E-state index in [1.807, 2.05) is 13.8 Å². The SMILES string of the molecule is CCC1NC(=O)C(CC)N(Cc2noc(C)n2)C1=O. The zero-order valence-corrected chi connectivity index (χ0v) is 11.3. The van der Waals surface area contributed by atoms with Crippen LogP contribution in [-0.4, -0.2) is 38.9 Å². The lowest BCUT2D eigenvalue weighted by Gasteiger charge is -2.37. The second kappa shape index (κ2) is 5.38. The molecule has 1 aromatic heterocycles. The quantitative estimate of drug-likeness (QED) is 0.851. The zero-order chi connectivity index (χ0) is 14.0. The molecule has 0 radical (unpaired) electrons. The molecule has 19 heavy (non-hydrogen) atoms. The molecule has 7 heteroatoms. The first kappa shape index (κ1) is 13.5. The molecule has 0 saturated carbocycles. The molecule has 2 unspecified atom stereocenters. The van der Waals surface area contributed by atoms with E-state index in [-0.39, 0.29) is 18.4 Å². The molecule has 1 aliphatic heterocycles. The van der Waals surface area contributed by atoms with E-state index in [1.54, 1.807) is 6.92 Å². The molecule has 7 nitrogen and oxygen atoms in total. The van der Waals surface area contributed by atoms with E-state index in [1.165, 1.54) is 4.90 Å². The lowest BCUT2D eigenvalue weighted by molar-refractivity contribution is -0.150. The predicted molar refractivity (Wildman–Crippen MR) is 65.9 cm³/mol. The van der Waals surface area contributed by atoms with Gasteiger partial charge in [0.2, 0.25) is 17.7 Å². The highest BCUT2D eigenvalue weighted by Gasteiger charge is 2.39. The van der Waals surface area contributed by atoms with Crippen LogP contribution < -0.4 is 5.32 Å². The van der Waals surface area contributed by atoms with Crippen LogP contribution in [0.5, 0.6) is 0 Å². The molecule has 1 saturated heterocycles. The molecule has 1 aliphatic rings. The van der Waals surface area contributed by atoms with Crippen LogP contribution in [0, 0.1) is 6.92 Å². The Hall–Kier alpha value is -1.92. The van der Waals surface area contributed by atoms with Crippen LogP contribution in [0.3, 0.4) is 0 Å². The molecule has 2 atom stereocenters. The Balaban J connectivity index is 2.21. The van der Waals surface area contributed by atoms with Gasteiger partial charge < -0.3 is 14.7 Å². The minimum atomic E-state index is -0.464. The van der Waals surface area contributed by atoms with Crippen molar-refractivity contribution in [1.29, 1.82) is 0 Å². The number of piperazine rings is 1. The summed E-state index contributed by atoms with van der Waals surface area (Å²) in [5, 5.41) is 6.52. The molecule has 0 aliphatic carbocycles. The van der Waals surface area contributed by atoms with Crippen molar-refractivity contribution >= 4 is 11.8 Å². The molecule has 2 rings (SSSR count). The summed E-state index contributed by atoms with van der Waals surface area (Å²) in [6.45, 7) is 5.63. The third-order valence-electron chi connectivity index (χ3n) is 3.25. The Morgan fingerprint density at radius 2 is 2.05 bits per heavy atom. The summed E-state index contributed by atoms with van der Waals surface area (Å²) in [5.41, 5.74) is 0. The van der Waals surface area contributed by atoms with Gasteiger partial charge in [0.05, 0.1) is 6.54 Å². The fourth-order valence-electron chi connectivity index (χ4n) is 2.25. The van der Waals surface area contributed by atoms with Gasteiger partial charge in [-0.1, -0.05) is 19.0 Å². The van der Waals surface area contributed by atoms with E-state index in [0.717, 1.165) is 0 Å².